The van der Waals surface area contributed by atoms with E-state index in [2.05, 4.69) is 41.5 Å². The van der Waals surface area contributed by atoms with Gasteiger partial charge in [-0.1, -0.05) is 65.3 Å². The summed E-state index contributed by atoms with van der Waals surface area (Å²) >= 11 is 0. The molecule has 2 unspecified atom stereocenters. The second kappa shape index (κ2) is 15.7. The maximum Gasteiger partial charge on any atom is 0.462 e. The van der Waals surface area contributed by atoms with Crippen molar-refractivity contribution in [1.29, 1.82) is 0 Å². The van der Waals surface area contributed by atoms with E-state index in [4.69, 9.17) is 32.1 Å². The number of hydrogen-bond donors (Lipinski definition) is 1. The standard InChI is InChI=1S/C32H46O8P2/c1-13-15-22(2)16-14-17-38-42(37-12)40-30-26(19-24(35-10)21-28(30)32(6,7)8)25-18-23(34-9)20-27(31(3,4)5)29(25)39-41(33)36-11/h13-21,33H,1-12H3/b15-13+,17-14+,22-16-. The van der Waals surface area contributed by atoms with Gasteiger partial charge in [0.15, 0.2) is 0 Å². The quantitative estimate of drug-likeness (QED) is 0.135. The normalized spacial score (nSPS) is 14.3. The van der Waals surface area contributed by atoms with Crippen LogP contribution in [0, 0.1) is 0 Å². The molecule has 0 aromatic heterocycles. The fourth-order valence-electron chi connectivity index (χ4n) is 4.04. The van der Waals surface area contributed by atoms with Crippen molar-refractivity contribution in [2.75, 3.05) is 28.4 Å². The van der Waals surface area contributed by atoms with E-state index in [1.807, 2.05) is 56.3 Å². The third-order valence-electron chi connectivity index (χ3n) is 6.16. The summed E-state index contributed by atoms with van der Waals surface area (Å²) < 4.78 is 40.8. The summed E-state index contributed by atoms with van der Waals surface area (Å²) in [5.41, 5.74) is 3.30. The van der Waals surface area contributed by atoms with Crippen LogP contribution in [0.2, 0.25) is 0 Å². The fourth-order valence-corrected chi connectivity index (χ4v) is 5.18. The van der Waals surface area contributed by atoms with E-state index in [1.165, 1.54) is 14.2 Å². The SMILES string of the molecule is C/C=C/C(C)=C\C=C\OP(OC)Oc1c(-c2cc(OC)cc(C(C)(C)C)c2OP(O)OC)cc(OC)cc1C(C)(C)C. The molecule has 0 saturated heterocycles. The first-order chi connectivity index (χ1) is 19.7. The van der Waals surface area contributed by atoms with Crippen LogP contribution in [0.4, 0.5) is 0 Å². The van der Waals surface area contributed by atoms with Gasteiger partial charge in [-0.15, -0.1) is 0 Å². The third-order valence-corrected chi connectivity index (χ3v) is 7.73. The van der Waals surface area contributed by atoms with Gasteiger partial charge in [0, 0.05) is 36.5 Å². The zero-order chi connectivity index (χ0) is 31.7. The maximum atomic E-state index is 10.5. The van der Waals surface area contributed by atoms with Crippen molar-refractivity contribution >= 4 is 17.2 Å². The summed E-state index contributed by atoms with van der Waals surface area (Å²) in [4.78, 5) is 10.5. The van der Waals surface area contributed by atoms with Gasteiger partial charge >= 0.3 is 17.2 Å². The second-order valence-electron chi connectivity index (χ2n) is 11.5. The molecule has 2 aromatic rings. The Bertz CT molecular complexity index is 1270. The molecular formula is C32H46O8P2. The molecule has 0 amide bonds. The predicted molar refractivity (Wildman–Crippen MR) is 173 cm³/mol. The number of ether oxygens (including phenoxy) is 2. The molecule has 0 aliphatic heterocycles. The minimum absolute atomic E-state index is 0.363. The van der Waals surface area contributed by atoms with E-state index >= 15 is 0 Å². The molecule has 0 heterocycles. The third kappa shape index (κ3) is 9.72. The zero-order valence-electron chi connectivity index (χ0n) is 26.9. The van der Waals surface area contributed by atoms with Gasteiger partial charge in [0.1, 0.15) is 23.0 Å². The molecule has 0 radical (unpaired) electrons. The van der Waals surface area contributed by atoms with Gasteiger partial charge in [0.05, 0.1) is 20.5 Å². The molecule has 0 saturated carbocycles. The largest absolute Gasteiger partial charge is 0.497 e. The Kier molecular flexibility index (Phi) is 13.3. The maximum absolute atomic E-state index is 10.5. The van der Waals surface area contributed by atoms with Crippen LogP contribution in [-0.2, 0) is 24.4 Å². The van der Waals surface area contributed by atoms with Gasteiger partial charge in [-0.3, -0.25) is 4.52 Å². The highest BCUT2D eigenvalue weighted by Gasteiger charge is 2.32. The highest BCUT2D eigenvalue weighted by molar-refractivity contribution is 7.42. The Morgan fingerprint density at radius 2 is 1.26 bits per heavy atom. The summed E-state index contributed by atoms with van der Waals surface area (Å²) in [5, 5.41) is 0. The molecule has 2 rings (SSSR count). The van der Waals surface area contributed by atoms with E-state index in [1.54, 1.807) is 26.6 Å². The van der Waals surface area contributed by atoms with Crippen LogP contribution in [0.5, 0.6) is 23.0 Å². The molecule has 0 spiro atoms. The van der Waals surface area contributed by atoms with Crippen molar-refractivity contribution in [3.8, 4) is 34.1 Å². The number of benzene rings is 2. The second-order valence-corrected chi connectivity index (χ2v) is 13.7. The summed E-state index contributed by atoms with van der Waals surface area (Å²) in [6.45, 7) is 16.4. The topological polar surface area (TPSA) is 84.8 Å². The lowest BCUT2D eigenvalue weighted by Crippen LogP contribution is -2.15. The molecule has 2 atom stereocenters. The molecule has 0 aliphatic rings. The number of allylic oxidation sites excluding steroid dienone is 5. The average Bonchev–Trinajstić information content (AvgIpc) is 2.93. The van der Waals surface area contributed by atoms with E-state index in [0.717, 1.165) is 16.7 Å². The van der Waals surface area contributed by atoms with Crippen LogP contribution in [0.25, 0.3) is 11.1 Å². The fraction of sp³-hybridized carbons (Fsp3) is 0.438. The summed E-state index contributed by atoms with van der Waals surface area (Å²) in [6.07, 6.45) is 9.25. The van der Waals surface area contributed by atoms with E-state index in [0.29, 0.717) is 34.1 Å². The van der Waals surface area contributed by atoms with Crippen molar-refractivity contribution in [1.82, 2.24) is 0 Å². The van der Waals surface area contributed by atoms with Crippen LogP contribution < -0.4 is 18.5 Å². The highest BCUT2D eigenvalue weighted by Crippen LogP contribution is 2.54. The minimum atomic E-state index is -2.21. The Morgan fingerprint density at radius 1 is 0.762 bits per heavy atom. The summed E-state index contributed by atoms with van der Waals surface area (Å²) in [7, 11) is 2.11. The van der Waals surface area contributed by atoms with Crippen molar-refractivity contribution in [2.24, 2.45) is 0 Å². The van der Waals surface area contributed by atoms with Crippen LogP contribution in [0.3, 0.4) is 0 Å². The predicted octanol–water partition coefficient (Wildman–Crippen LogP) is 9.52. The molecule has 42 heavy (non-hydrogen) atoms. The van der Waals surface area contributed by atoms with Gasteiger partial charge in [-0.2, -0.15) is 0 Å². The molecule has 0 bridgehead atoms. The van der Waals surface area contributed by atoms with Crippen molar-refractivity contribution in [2.45, 2.75) is 66.2 Å². The van der Waals surface area contributed by atoms with Crippen LogP contribution >= 0.6 is 17.2 Å². The lowest BCUT2D eigenvalue weighted by atomic mass is 9.81. The Morgan fingerprint density at radius 3 is 1.67 bits per heavy atom. The van der Waals surface area contributed by atoms with Crippen molar-refractivity contribution < 1.29 is 37.0 Å². The molecular weight excluding hydrogens is 574 g/mol. The number of methoxy groups -OCH3 is 2. The van der Waals surface area contributed by atoms with Crippen LogP contribution in [0.1, 0.15) is 66.5 Å². The summed E-state index contributed by atoms with van der Waals surface area (Å²) in [5.74, 6) is 2.22. The number of rotatable bonds is 13. The van der Waals surface area contributed by atoms with E-state index < -0.39 is 17.2 Å². The molecule has 2 aromatic carbocycles. The van der Waals surface area contributed by atoms with Crippen molar-refractivity contribution in [3.63, 3.8) is 0 Å². The zero-order valence-corrected chi connectivity index (χ0v) is 28.7. The van der Waals surface area contributed by atoms with E-state index in [9.17, 15) is 4.89 Å². The van der Waals surface area contributed by atoms with E-state index in [-0.39, 0.29) is 10.8 Å². The molecule has 10 heteroatoms. The highest BCUT2D eigenvalue weighted by atomic mass is 31.2. The summed E-state index contributed by atoms with van der Waals surface area (Å²) in [6, 6.07) is 7.57. The van der Waals surface area contributed by atoms with Crippen LogP contribution in [-0.4, -0.2) is 33.3 Å². The monoisotopic (exact) mass is 620 g/mol. The molecule has 0 fully saturated rings. The van der Waals surface area contributed by atoms with Gasteiger partial charge in [0.25, 0.3) is 0 Å². The number of hydrogen-bond acceptors (Lipinski definition) is 8. The van der Waals surface area contributed by atoms with Crippen LogP contribution in [0.15, 0.2) is 60.4 Å². The van der Waals surface area contributed by atoms with Gasteiger partial charge < -0.3 is 32.5 Å². The molecule has 232 valence electrons. The average molecular weight is 621 g/mol. The Hall–Kier alpha value is -2.60. The molecule has 1 N–H and O–H groups in total. The lowest BCUT2D eigenvalue weighted by Gasteiger charge is -2.29. The first-order valence-electron chi connectivity index (χ1n) is 13.5. The van der Waals surface area contributed by atoms with Crippen molar-refractivity contribution in [3.05, 3.63) is 71.5 Å². The smallest absolute Gasteiger partial charge is 0.462 e. The molecule has 8 nitrogen and oxygen atoms in total. The Balaban J connectivity index is 2.89. The van der Waals surface area contributed by atoms with Gasteiger partial charge in [0.2, 0.25) is 0 Å². The molecule has 0 aliphatic carbocycles. The first-order valence-corrected chi connectivity index (χ1v) is 15.7. The lowest BCUT2D eigenvalue weighted by molar-refractivity contribution is 0.297. The van der Waals surface area contributed by atoms with Gasteiger partial charge in [-0.25, -0.2) is 0 Å². The first kappa shape index (κ1) is 35.6. The minimum Gasteiger partial charge on any atom is -0.497 e. The van der Waals surface area contributed by atoms with Gasteiger partial charge in [-0.05, 0) is 55.0 Å². The Labute approximate surface area is 254 Å².